The number of carbonyl (C=O) groups excluding carboxylic acids is 2. The van der Waals surface area contributed by atoms with Gasteiger partial charge < -0.3 is 15.3 Å². The Bertz CT molecular complexity index is 582. The van der Waals surface area contributed by atoms with Gasteiger partial charge in [0.2, 0.25) is 0 Å². The lowest BCUT2D eigenvalue weighted by Gasteiger charge is -2.30. The number of amides is 3. The van der Waals surface area contributed by atoms with Crippen LogP contribution in [-0.4, -0.2) is 53.6 Å². The van der Waals surface area contributed by atoms with Gasteiger partial charge in [0.15, 0.2) is 0 Å². The zero-order valence-corrected chi connectivity index (χ0v) is 11.8. The molecule has 0 aromatic carbocycles. The number of aliphatic hydroxyl groups is 1. The molecule has 106 valence electrons. The summed E-state index contributed by atoms with van der Waals surface area (Å²) < 4.78 is 0. The van der Waals surface area contributed by atoms with Gasteiger partial charge in [-0.25, -0.2) is 4.79 Å². The van der Waals surface area contributed by atoms with Gasteiger partial charge in [-0.05, 0) is 11.4 Å². The number of urea groups is 1. The van der Waals surface area contributed by atoms with Gasteiger partial charge >= 0.3 is 6.03 Å². The Balaban J connectivity index is 2.01. The summed E-state index contributed by atoms with van der Waals surface area (Å²) in [6, 6.07) is 3.22. The Kier molecular flexibility index (Phi) is 3.23. The highest BCUT2D eigenvalue weighted by Crippen LogP contribution is 2.36. The van der Waals surface area contributed by atoms with Crippen molar-refractivity contribution in [2.75, 3.05) is 26.7 Å². The summed E-state index contributed by atoms with van der Waals surface area (Å²) in [6.07, 6.45) is 0. The summed E-state index contributed by atoms with van der Waals surface area (Å²) in [5, 5.41) is 13.8. The third-order valence-corrected chi connectivity index (χ3v) is 4.57. The van der Waals surface area contributed by atoms with Crippen molar-refractivity contribution in [3.8, 4) is 0 Å². The molecule has 2 aliphatic rings. The number of aliphatic hydroxyl groups excluding tert-OH is 1. The minimum atomic E-state index is -0.384. The van der Waals surface area contributed by atoms with Crippen molar-refractivity contribution in [2.45, 2.75) is 6.04 Å². The molecule has 2 N–H and O–H groups in total. The van der Waals surface area contributed by atoms with E-state index >= 15 is 0 Å². The van der Waals surface area contributed by atoms with Crippen molar-refractivity contribution in [2.24, 2.45) is 0 Å². The van der Waals surface area contributed by atoms with Crippen molar-refractivity contribution < 1.29 is 14.7 Å². The van der Waals surface area contributed by atoms with E-state index in [0.717, 1.165) is 10.6 Å². The van der Waals surface area contributed by atoms with Crippen molar-refractivity contribution in [3.63, 3.8) is 0 Å². The van der Waals surface area contributed by atoms with Crippen molar-refractivity contribution in [3.05, 3.63) is 33.7 Å². The van der Waals surface area contributed by atoms with Gasteiger partial charge in [-0.2, -0.15) is 0 Å². The maximum atomic E-state index is 12.5. The number of carbonyl (C=O) groups is 2. The highest BCUT2D eigenvalue weighted by Gasteiger charge is 2.42. The summed E-state index contributed by atoms with van der Waals surface area (Å²) >= 11 is 1.51. The summed E-state index contributed by atoms with van der Waals surface area (Å²) in [5.74, 6) is -0.112. The Labute approximate surface area is 120 Å². The number of hydrogen-bond donors (Lipinski definition) is 2. The summed E-state index contributed by atoms with van der Waals surface area (Å²) in [5.41, 5.74) is 1.34. The molecular weight excluding hydrogens is 278 g/mol. The van der Waals surface area contributed by atoms with E-state index in [-0.39, 0.29) is 31.1 Å². The van der Waals surface area contributed by atoms with E-state index < -0.39 is 0 Å². The van der Waals surface area contributed by atoms with Crippen molar-refractivity contribution >= 4 is 23.3 Å². The van der Waals surface area contributed by atoms with Crippen LogP contribution in [0.1, 0.15) is 10.9 Å². The number of β-amino-alcohol motifs (C(OH)–C–C–N with tert-alkyl or cyclic N) is 1. The molecule has 1 atom stereocenters. The van der Waals surface area contributed by atoms with Crippen LogP contribution in [0, 0.1) is 0 Å². The molecule has 1 aromatic heterocycles. The lowest BCUT2D eigenvalue weighted by molar-refractivity contribution is -0.126. The minimum absolute atomic E-state index is 0.0823. The standard InChI is InChI=1S/C13H15N3O3S/c1-15-8-7-16(4-5-17)12(18)10(8)11(14-13(15)19)9-3-2-6-20-9/h2-3,6,11,17H,4-5,7H2,1H3,(H,14,19). The van der Waals surface area contributed by atoms with Gasteiger partial charge in [-0.3, -0.25) is 9.69 Å². The summed E-state index contributed by atoms with van der Waals surface area (Å²) in [4.78, 5) is 28.5. The lowest BCUT2D eigenvalue weighted by Crippen LogP contribution is -2.45. The first-order valence-electron chi connectivity index (χ1n) is 6.34. The maximum absolute atomic E-state index is 12.5. The maximum Gasteiger partial charge on any atom is 0.322 e. The first-order valence-corrected chi connectivity index (χ1v) is 7.22. The fourth-order valence-corrected chi connectivity index (χ4v) is 3.38. The molecule has 1 aromatic rings. The van der Waals surface area contributed by atoms with Crippen molar-refractivity contribution in [1.82, 2.24) is 15.1 Å². The fraction of sp³-hybridized carbons (Fsp3) is 0.385. The molecule has 20 heavy (non-hydrogen) atoms. The first-order chi connectivity index (χ1) is 9.63. The molecule has 6 nitrogen and oxygen atoms in total. The van der Waals surface area contributed by atoms with E-state index in [2.05, 4.69) is 5.32 Å². The highest BCUT2D eigenvalue weighted by molar-refractivity contribution is 7.10. The number of likely N-dealkylation sites (N-methyl/N-ethyl adjacent to an activating group) is 1. The van der Waals surface area contributed by atoms with E-state index in [9.17, 15) is 9.59 Å². The first kappa shape index (κ1) is 13.1. The number of hydrogen-bond acceptors (Lipinski definition) is 4. The van der Waals surface area contributed by atoms with Gasteiger partial charge in [0.1, 0.15) is 0 Å². The number of rotatable bonds is 3. The Morgan fingerprint density at radius 1 is 1.50 bits per heavy atom. The van der Waals surface area contributed by atoms with Gasteiger partial charge in [0, 0.05) is 18.5 Å². The van der Waals surface area contributed by atoms with Gasteiger partial charge in [0.05, 0.1) is 30.5 Å². The number of thiophene rings is 1. The van der Waals surface area contributed by atoms with Crippen LogP contribution in [0.4, 0.5) is 4.79 Å². The third kappa shape index (κ3) is 1.90. The van der Waals surface area contributed by atoms with Crippen molar-refractivity contribution in [1.29, 1.82) is 0 Å². The Morgan fingerprint density at radius 2 is 2.30 bits per heavy atom. The van der Waals surface area contributed by atoms with Gasteiger partial charge in [-0.1, -0.05) is 6.07 Å². The van der Waals surface area contributed by atoms with Crippen LogP contribution in [0.2, 0.25) is 0 Å². The zero-order valence-electron chi connectivity index (χ0n) is 11.0. The van der Waals surface area contributed by atoms with Crippen LogP contribution < -0.4 is 5.32 Å². The minimum Gasteiger partial charge on any atom is -0.395 e. The second-order valence-electron chi connectivity index (χ2n) is 4.77. The molecule has 0 spiro atoms. The molecule has 0 aliphatic carbocycles. The molecule has 3 heterocycles. The van der Waals surface area contributed by atoms with Gasteiger partial charge in [-0.15, -0.1) is 11.3 Å². The normalized spacial score (nSPS) is 22.4. The fourth-order valence-electron chi connectivity index (χ4n) is 2.59. The van der Waals surface area contributed by atoms with Crippen LogP contribution in [0.15, 0.2) is 28.8 Å². The van der Waals surface area contributed by atoms with E-state index in [1.165, 1.54) is 16.2 Å². The molecular formula is C13H15N3O3S. The molecule has 3 amide bonds. The van der Waals surface area contributed by atoms with Crippen LogP contribution in [-0.2, 0) is 4.79 Å². The quantitative estimate of drug-likeness (QED) is 0.854. The molecule has 0 saturated heterocycles. The molecule has 0 fully saturated rings. The second-order valence-corrected chi connectivity index (χ2v) is 5.75. The third-order valence-electron chi connectivity index (χ3n) is 3.63. The molecule has 0 bridgehead atoms. The van der Waals surface area contributed by atoms with E-state index in [1.807, 2.05) is 17.5 Å². The number of nitrogens with zero attached hydrogens (tertiary/aromatic N) is 2. The predicted octanol–water partition coefficient (Wildman–Crippen LogP) is 0.533. The average Bonchev–Trinajstić information content (AvgIpc) is 3.05. The number of nitrogens with one attached hydrogen (secondary N) is 1. The largest absolute Gasteiger partial charge is 0.395 e. The van der Waals surface area contributed by atoms with Crippen LogP contribution in [0.25, 0.3) is 0 Å². The lowest BCUT2D eigenvalue weighted by atomic mass is 10.0. The molecule has 0 radical (unpaired) electrons. The smallest absolute Gasteiger partial charge is 0.322 e. The topological polar surface area (TPSA) is 72.9 Å². The zero-order chi connectivity index (χ0) is 14.3. The van der Waals surface area contributed by atoms with Crippen LogP contribution in [0.5, 0.6) is 0 Å². The Morgan fingerprint density at radius 3 is 2.95 bits per heavy atom. The molecule has 1 unspecified atom stereocenters. The monoisotopic (exact) mass is 293 g/mol. The molecule has 2 aliphatic heterocycles. The van der Waals surface area contributed by atoms with Crippen LogP contribution in [0.3, 0.4) is 0 Å². The summed E-state index contributed by atoms with van der Waals surface area (Å²) in [7, 11) is 1.66. The van der Waals surface area contributed by atoms with Crippen LogP contribution >= 0.6 is 11.3 Å². The SMILES string of the molecule is CN1C(=O)NC(c2cccs2)C2=C1CN(CCO)C2=O. The second kappa shape index (κ2) is 4.92. The van der Waals surface area contributed by atoms with E-state index in [4.69, 9.17) is 5.11 Å². The van der Waals surface area contributed by atoms with E-state index in [1.54, 1.807) is 11.9 Å². The molecule has 3 rings (SSSR count). The average molecular weight is 293 g/mol. The molecule has 7 heteroatoms. The molecule has 0 saturated carbocycles. The summed E-state index contributed by atoms with van der Waals surface area (Å²) in [6.45, 7) is 0.576. The Hall–Kier alpha value is -1.86. The van der Waals surface area contributed by atoms with Gasteiger partial charge in [0.25, 0.3) is 5.91 Å². The highest BCUT2D eigenvalue weighted by atomic mass is 32.1. The predicted molar refractivity (Wildman–Crippen MR) is 74.0 cm³/mol. The van der Waals surface area contributed by atoms with E-state index in [0.29, 0.717) is 12.1 Å².